The van der Waals surface area contributed by atoms with Gasteiger partial charge in [0.25, 0.3) is 0 Å². The SMILES string of the molecule is COCCCCCNC1=NCCS1. The Kier molecular flexibility index (Phi) is 6.02. The van der Waals surface area contributed by atoms with Crippen molar-refractivity contribution in [2.45, 2.75) is 19.3 Å². The first-order valence-electron chi connectivity index (χ1n) is 4.83. The summed E-state index contributed by atoms with van der Waals surface area (Å²) in [5, 5.41) is 4.46. The molecule has 1 rings (SSSR count). The second-order valence-corrected chi connectivity index (χ2v) is 4.10. The van der Waals surface area contributed by atoms with Crippen molar-refractivity contribution in [3.8, 4) is 0 Å². The Labute approximate surface area is 84.3 Å². The highest BCUT2D eigenvalue weighted by Gasteiger charge is 2.04. The second-order valence-electron chi connectivity index (χ2n) is 3.02. The van der Waals surface area contributed by atoms with Crippen LogP contribution < -0.4 is 5.32 Å². The second kappa shape index (κ2) is 7.21. The molecule has 4 heteroatoms. The Morgan fingerprint density at radius 2 is 2.38 bits per heavy atom. The molecule has 1 aliphatic rings. The van der Waals surface area contributed by atoms with Crippen LogP contribution >= 0.6 is 11.8 Å². The third-order valence-electron chi connectivity index (χ3n) is 1.89. The molecular formula is C9H18N2OS. The molecule has 0 unspecified atom stereocenters. The van der Waals surface area contributed by atoms with Crippen molar-refractivity contribution in [3.63, 3.8) is 0 Å². The molecule has 0 aliphatic carbocycles. The van der Waals surface area contributed by atoms with Gasteiger partial charge in [-0.2, -0.15) is 0 Å². The highest BCUT2D eigenvalue weighted by molar-refractivity contribution is 8.14. The van der Waals surface area contributed by atoms with E-state index >= 15 is 0 Å². The summed E-state index contributed by atoms with van der Waals surface area (Å²) in [6, 6.07) is 0. The van der Waals surface area contributed by atoms with Crippen LogP contribution in [0.3, 0.4) is 0 Å². The number of nitrogens with zero attached hydrogens (tertiary/aromatic N) is 1. The molecule has 0 spiro atoms. The van der Waals surface area contributed by atoms with Crippen LogP contribution in [0.15, 0.2) is 4.99 Å². The molecular weight excluding hydrogens is 184 g/mol. The van der Waals surface area contributed by atoms with Crippen molar-refractivity contribution in [2.75, 3.05) is 32.6 Å². The van der Waals surface area contributed by atoms with Gasteiger partial charge in [-0.25, -0.2) is 0 Å². The lowest BCUT2D eigenvalue weighted by Crippen LogP contribution is -2.20. The summed E-state index contributed by atoms with van der Waals surface area (Å²) in [7, 11) is 1.75. The molecule has 3 nitrogen and oxygen atoms in total. The normalized spacial score (nSPS) is 15.9. The third-order valence-corrected chi connectivity index (χ3v) is 2.82. The monoisotopic (exact) mass is 202 g/mol. The van der Waals surface area contributed by atoms with E-state index in [1.807, 2.05) is 11.8 Å². The van der Waals surface area contributed by atoms with Crippen LogP contribution in [0.25, 0.3) is 0 Å². The molecule has 0 aromatic heterocycles. The van der Waals surface area contributed by atoms with Gasteiger partial charge >= 0.3 is 0 Å². The van der Waals surface area contributed by atoms with Crippen LogP contribution in [0.2, 0.25) is 0 Å². The Balaban J connectivity index is 1.83. The number of nitrogens with one attached hydrogen (secondary N) is 1. The molecule has 0 fully saturated rings. The van der Waals surface area contributed by atoms with Crippen molar-refractivity contribution in [1.82, 2.24) is 5.32 Å². The van der Waals surface area contributed by atoms with Gasteiger partial charge in [0.2, 0.25) is 0 Å². The van der Waals surface area contributed by atoms with Crippen LogP contribution in [0.1, 0.15) is 19.3 Å². The molecule has 0 amide bonds. The number of aliphatic imine (C=N–C) groups is 1. The molecule has 0 aromatic rings. The smallest absolute Gasteiger partial charge is 0.156 e. The predicted molar refractivity (Wildman–Crippen MR) is 58.5 cm³/mol. The van der Waals surface area contributed by atoms with E-state index in [0.717, 1.165) is 37.0 Å². The van der Waals surface area contributed by atoms with Gasteiger partial charge in [-0.1, -0.05) is 11.8 Å². The van der Waals surface area contributed by atoms with E-state index in [0.29, 0.717) is 0 Å². The van der Waals surface area contributed by atoms with Crippen LogP contribution in [0.4, 0.5) is 0 Å². The highest BCUT2D eigenvalue weighted by Crippen LogP contribution is 2.08. The summed E-state index contributed by atoms with van der Waals surface area (Å²) in [6.07, 6.45) is 3.61. The van der Waals surface area contributed by atoms with Crippen molar-refractivity contribution >= 4 is 16.9 Å². The predicted octanol–water partition coefficient (Wildman–Crippen LogP) is 1.50. The standard InChI is InChI=1S/C9H18N2OS/c1-12-7-4-2-3-5-10-9-11-6-8-13-9/h2-8H2,1H3,(H,10,11). The summed E-state index contributed by atoms with van der Waals surface area (Å²) >= 11 is 1.82. The molecule has 0 radical (unpaired) electrons. The quantitative estimate of drug-likeness (QED) is 0.663. The topological polar surface area (TPSA) is 33.6 Å². The fourth-order valence-electron chi connectivity index (χ4n) is 1.19. The number of amidine groups is 1. The average molecular weight is 202 g/mol. The Morgan fingerprint density at radius 3 is 3.08 bits per heavy atom. The lowest BCUT2D eigenvalue weighted by molar-refractivity contribution is 0.192. The molecule has 0 bridgehead atoms. The number of hydrogen-bond acceptors (Lipinski definition) is 4. The Hall–Kier alpha value is -0.220. The Bertz CT molecular complexity index is 162. The first kappa shape index (κ1) is 10.9. The van der Waals surface area contributed by atoms with Crippen LogP contribution in [-0.4, -0.2) is 37.7 Å². The number of unbranched alkanes of at least 4 members (excludes halogenated alkanes) is 2. The maximum absolute atomic E-state index is 4.97. The van der Waals surface area contributed by atoms with Crippen LogP contribution in [0.5, 0.6) is 0 Å². The van der Waals surface area contributed by atoms with E-state index in [1.165, 1.54) is 12.8 Å². The maximum Gasteiger partial charge on any atom is 0.156 e. The largest absolute Gasteiger partial charge is 0.385 e. The molecule has 0 saturated carbocycles. The molecule has 0 saturated heterocycles. The molecule has 0 aromatic carbocycles. The molecule has 0 atom stereocenters. The van der Waals surface area contributed by atoms with Gasteiger partial charge in [0.15, 0.2) is 5.17 Å². The zero-order chi connectivity index (χ0) is 9.36. The van der Waals surface area contributed by atoms with Crippen molar-refractivity contribution in [3.05, 3.63) is 0 Å². The van der Waals surface area contributed by atoms with E-state index in [9.17, 15) is 0 Å². The van der Waals surface area contributed by atoms with Gasteiger partial charge in [0, 0.05) is 26.0 Å². The van der Waals surface area contributed by atoms with Crippen molar-refractivity contribution in [2.24, 2.45) is 4.99 Å². The van der Waals surface area contributed by atoms with E-state index in [4.69, 9.17) is 4.74 Å². The number of rotatable bonds is 6. The van der Waals surface area contributed by atoms with E-state index < -0.39 is 0 Å². The summed E-state index contributed by atoms with van der Waals surface area (Å²) < 4.78 is 4.97. The van der Waals surface area contributed by atoms with Gasteiger partial charge in [-0.05, 0) is 19.3 Å². The highest BCUT2D eigenvalue weighted by atomic mass is 32.2. The molecule has 13 heavy (non-hydrogen) atoms. The lowest BCUT2D eigenvalue weighted by Gasteiger charge is -2.04. The van der Waals surface area contributed by atoms with Gasteiger partial charge in [-0.3, -0.25) is 4.99 Å². The van der Waals surface area contributed by atoms with Crippen molar-refractivity contribution < 1.29 is 4.74 Å². The van der Waals surface area contributed by atoms with Gasteiger partial charge in [-0.15, -0.1) is 0 Å². The van der Waals surface area contributed by atoms with E-state index in [-0.39, 0.29) is 0 Å². The molecule has 1 aliphatic heterocycles. The minimum Gasteiger partial charge on any atom is -0.385 e. The van der Waals surface area contributed by atoms with E-state index in [2.05, 4.69) is 10.3 Å². The summed E-state index contributed by atoms with van der Waals surface area (Å²) in [6.45, 7) is 2.92. The van der Waals surface area contributed by atoms with Gasteiger partial charge in [0.1, 0.15) is 0 Å². The van der Waals surface area contributed by atoms with Gasteiger partial charge in [0.05, 0.1) is 6.54 Å². The van der Waals surface area contributed by atoms with Crippen LogP contribution in [-0.2, 0) is 4.74 Å². The van der Waals surface area contributed by atoms with Crippen molar-refractivity contribution in [1.29, 1.82) is 0 Å². The summed E-state index contributed by atoms with van der Waals surface area (Å²) in [5.41, 5.74) is 0. The first-order chi connectivity index (χ1) is 6.43. The van der Waals surface area contributed by atoms with E-state index in [1.54, 1.807) is 7.11 Å². The minimum atomic E-state index is 0.885. The summed E-state index contributed by atoms with van der Waals surface area (Å²) in [4.78, 5) is 4.31. The number of thioether (sulfide) groups is 1. The maximum atomic E-state index is 4.97. The average Bonchev–Trinajstić information content (AvgIpc) is 2.63. The fraction of sp³-hybridized carbons (Fsp3) is 0.889. The third kappa shape index (κ3) is 5.16. The minimum absolute atomic E-state index is 0.885. The van der Waals surface area contributed by atoms with Crippen LogP contribution in [0, 0.1) is 0 Å². The zero-order valence-corrected chi connectivity index (χ0v) is 9.03. The summed E-state index contributed by atoms with van der Waals surface area (Å²) in [5.74, 6) is 1.14. The number of hydrogen-bond donors (Lipinski definition) is 1. The number of methoxy groups -OCH3 is 1. The fourth-order valence-corrected chi connectivity index (χ4v) is 1.95. The zero-order valence-electron chi connectivity index (χ0n) is 8.21. The molecule has 1 N–H and O–H groups in total. The first-order valence-corrected chi connectivity index (χ1v) is 5.82. The lowest BCUT2D eigenvalue weighted by atomic mass is 10.2. The van der Waals surface area contributed by atoms with Gasteiger partial charge < -0.3 is 10.1 Å². The molecule has 76 valence electrons. The number of ether oxygens (including phenoxy) is 1. The Morgan fingerprint density at radius 1 is 1.46 bits per heavy atom. The molecule has 1 heterocycles.